The number of nitrogens with zero attached hydrogens (tertiary/aromatic N) is 2. The van der Waals surface area contributed by atoms with Gasteiger partial charge in [0.25, 0.3) is 0 Å². The fraction of sp³-hybridized carbons (Fsp3) is 0.200. The van der Waals surface area contributed by atoms with Gasteiger partial charge in [0.15, 0.2) is 11.5 Å². The van der Waals surface area contributed by atoms with Gasteiger partial charge in [0.2, 0.25) is 21.7 Å². The molecule has 12 heteroatoms. The molecule has 3 rings (SSSR count). The third-order valence-corrected chi connectivity index (χ3v) is 5.17. The van der Waals surface area contributed by atoms with E-state index in [0.717, 1.165) is 11.1 Å². The normalized spacial score (nSPS) is 10.6. The quantitative estimate of drug-likeness (QED) is 0.386. The van der Waals surface area contributed by atoms with Gasteiger partial charge in [-0.05, 0) is 42.0 Å². The van der Waals surface area contributed by atoms with Gasteiger partial charge in [0.05, 0.1) is 26.2 Å². The molecule has 2 aromatic carbocycles. The molecule has 0 aliphatic carbocycles. The third kappa shape index (κ3) is 6.36. The SMILES string of the molecule is COc1cc(Cc2cnc(N)nc2N)cc(OC)c1OC.Nc1ccc(S(N)(=O)=O)cc1. The molecule has 32 heavy (non-hydrogen) atoms. The summed E-state index contributed by atoms with van der Waals surface area (Å²) in [6.45, 7) is 0. The number of primary sulfonamides is 1. The van der Waals surface area contributed by atoms with Gasteiger partial charge in [-0.25, -0.2) is 18.5 Å². The van der Waals surface area contributed by atoms with Gasteiger partial charge >= 0.3 is 0 Å². The van der Waals surface area contributed by atoms with Crippen molar-refractivity contribution in [3.63, 3.8) is 0 Å². The van der Waals surface area contributed by atoms with Gasteiger partial charge in [0, 0.05) is 23.9 Å². The summed E-state index contributed by atoms with van der Waals surface area (Å²) >= 11 is 0. The lowest BCUT2D eigenvalue weighted by molar-refractivity contribution is 0.324. The highest BCUT2D eigenvalue weighted by atomic mass is 32.2. The molecule has 3 aromatic rings. The molecule has 0 bridgehead atoms. The molecular formula is C20H26N6O5S. The summed E-state index contributed by atoms with van der Waals surface area (Å²) in [4.78, 5) is 7.98. The van der Waals surface area contributed by atoms with E-state index in [4.69, 9.17) is 36.6 Å². The predicted octanol–water partition coefficient (Wildman–Crippen LogP) is 1.17. The van der Waals surface area contributed by atoms with E-state index >= 15 is 0 Å². The summed E-state index contributed by atoms with van der Waals surface area (Å²) in [5.74, 6) is 2.23. The second-order valence-corrected chi connectivity index (χ2v) is 8.02. The summed E-state index contributed by atoms with van der Waals surface area (Å²) in [5, 5.41) is 4.84. The van der Waals surface area contributed by atoms with Gasteiger partial charge in [-0.1, -0.05) is 0 Å². The smallest absolute Gasteiger partial charge is 0.238 e. The van der Waals surface area contributed by atoms with Crippen LogP contribution in [0.25, 0.3) is 0 Å². The van der Waals surface area contributed by atoms with Crippen LogP contribution in [0, 0.1) is 0 Å². The zero-order valence-corrected chi connectivity index (χ0v) is 18.7. The van der Waals surface area contributed by atoms with E-state index < -0.39 is 10.0 Å². The van der Waals surface area contributed by atoms with Crippen molar-refractivity contribution in [3.8, 4) is 17.2 Å². The fourth-order valence-electron chi connectivity index (χ4n) is 2.69. The Balaban J connectivity index is 0.000000278. The Labute approximate surface area is 186 Å². The number of benzene rings is 2. The van der Waals surface area contributed by atoms with Gasteiger partial charge < -0.3 is 31.4 Å². The number of sulfonamides is 1. The summed E-state index contributed by atoms with van der Waals surface area (Å²) in [5.41, 5.74) is 18.9. The highest BCUT2D eigenvalue weighted by molar-refractivity contribution is 7.89. The van der Waals surface area contributed by atoms with Crippen molar-refractivity contribution in [3.05, 3.63) is 53.7 Å². The monoisotopic (exact) mass is 462 g/mol. The first-order valence-electron chi connectivity index (χ1n) is 9.13. The summed E-state index contributed by atoms with van der Waals surface area (Å²) in [7, 11) is 1.13. The molecule has 0 amide bonds. The van der Waals surface area contributed by atoms with Crippen molar-refractivity contribution in [2.24, 2.45) is 5.14 Å². The topological polar surface area (TPSA) is 192 Å². The Kier molecular flexibility index (Phi) is 8.04. The molecular weight excluding hydrogens is 436 g/mol. The molecule has 0 fully saturated rings. The number of nitrogen functional groups attached to an aromatic ring is 3. The molecule has 0 atom stereocenters. The minimum absolute atomic E-state index is 0.0756. The molecule has 1 aromatic heterocycles. The van der Waals surface area contributed by atoms with Crippen LogP contribution in [0.3, 0.4) is 0 Å². The zero-order chi connectivity index (χ0) is 23.9. The van der Waals surface area contributed by atoms with Crippen molar-refractivity contribution in [1.29, 1.82) is 0 Å². The van der Waals surface area contributed by atoms with Crippen LogP contribution < -0.4 is 36.6 Å². The Bertz CT molecular complexity index is 1140. The number of aromatic nitrogens is 2. The van der Waals surface area contributed by atoms with Crippen LogP contribution >= 0.6 is 0 Å². The first-order valence-corrected chi connectivity index (χ1v) is 10.7. The number of ether oxygens (including phenoxy) is 3. The number of hydrogen-bond acceptors (Lipinski definition) is 10. The Morgan fingerprint density at radius 3 is 1.91 bits per heavy atom. The Morgan fingerprint density at radius 1 is 0.906 bits per heavy atom. The Hall–Kier alpha value is -3.77. The van der Waals surface area contributed by atoms with E-state index in [1.54, 1.807) is 27.5 Å². The van der Waals surface area contributed by atoms with Crippen LogP contribution in [0.2, 0.25) is 0 Å². The first-order chi connectivity index (χ1) is 15.1. The minimum atomic E-state index is -3.58. The van der Waals surface area contributed by atoms with Crippen LogP contribution in [-0.4, -0.2) is 39.7 Å². The van der Waals surface area contributed by atoms with Crippen LogP contribution in [0.4, 0.5) is 17.5 Å². The van der Waals surface area contributed by atoms with Crippen molar-refractivity contribution >= 4 is 27.5 Å². The van der Waals surface area contributed by atoms with Gasteiger partial charge in [-0.3, -0.25) is 0 Å². The molecule has 0 unspecified atom stereocenters. The summed E-state index contributed by atoms with van der Waals surface area (Å²) < 4.78 is 37.3. The van der Waals surface area contributed by atoms with E-state index in [1.165, 1.54) is 24.3 Å². The maximum absolute atomic E-state index is 10.7. The molecule has 1 heterocycles. The lowest BCUT2D eigenvalue weighted by Crippen LogP contribution is -2.11. The molecule has 8 N–H and O–H groups in total. The van der Waals surface area contributed by atoms with Gasteiger partial charge in [0.1, 0.15) is 5.82 Å². The molecule has 0 spiro atoms. The molecule has 0 aliphatic heterocycles. The lowest BCUT2D eigenvalue weighted by Gasteiger charge is -2.14. The number of nitrogens with two attached hydrogens (primary N) is 4. The second-order valence-electron chi connectivity index (χ2n) is 6.46. The minimum Gasteiger partial charge on any atom is -0.493 e. The maximum Gasteiger partial charge on any atom is 0.238 e. The van der Waals surface area contributed by atoms with Crippen LogP contribution in [0.5, 0.6) is 17.2 Å². The van der Waals surface area contributed by atoms with E-state index in [9.17, 15) is 8.42 Å². The van der Waals surface area contributed by atoms with E-state index in [1.807, 2.05) is 12.1 Å². The van der Waals surface area contributed by atoms with Crippen molar-refractivity contribution < 1.29 is 22.6 Å². The number of methoxy groups -OCH3 is 3. The summed E-state index contributed by atoms with van der Waals surface area (Å²) in [6, 6.07) is 9.42. The average molecular weight is 463 g/mol. The van der Waals surface area contributed by atoms with Crippen molar-refractivity contribution in [2.45, 2.75) is 11.3 Å². The zero-order valence-electron chi connectivity index (χ0n) is 17.9. The maximum atomic E-state index is 10.7. The molecule has 0 aliphatic rings. The van der Waals surface area contributed by atoms with Crippen molar-refractivity contribution in [1.82, 2.24) is 9.97 Å². The average Bonchev–Trinajstić information content (AvgIpc) is 2.75. The second kappa shape index (κ2) is 10.5. The number of hydrogen-bond donors (Lipinski definition) is 4. The van der Waals surface area contributed by atoms with E-state index in [-0.39, 0.29) is 10.8 Å². The number of anilines is 3. The molecule has 0 saturated carbocycles. The van der Waals surface area contributed by atoms with Gasteiger partial charge in [-0.2, -0.15) is 4.98 Å². The molecule has 0 radical (unpaired) electrons. The molecule has 0 saturated heterocycles. The van der Waals surface area contributed by atoms with E-state index in [0.29, 0.717) is 35.2 Å². The predicted molar refractivity (Wildman–Crippen MR) is 122 cm³/mol. The van der Waals surface area contributed by atoms with Gasteiger partial charge in [-0.15, -0.1) is 0 Å². The third-order valence-electron chi connectivity index (χ3n) is 4.24. The highest BCUT2D eigenvalue weighted by Gasteiger charge is 2.14. The largest absolute Gasteiger partial charge is 0.493 e. The fourth-order valence-corrected chi connectivity index (χ4v) is 3.20. The van der Waals surface area contributed by atoms with Crippen LogP contribution in [-0.2, 0) is 16.4 Å². The number of rotatable bonds is 6. The molecule has 11 nitrogen and oxygen atoms in total. The van der Waals surface area contributed by atoms with E-state index in [2.05, 4.69) is 9.97 Å². The standard InChI is InChI=1S/C14H18N4O3.C6H8N2O2S/c1-19-10-5-8(6-11(20-2)12(10)21-3)4-9-7-17-14(16)18-13(9)15;7-5-1-3-6(4-2-5)11(8,9)10/h5-7H,4H2,1-3H3,(H4,15,16,17,18);1-4H,7H2,(H2,8,9,10). The highest BCUT2D eigenvalue weighted by Crippen LogP contribution is 2.38. The lowest BCUT2D eigenvalue weighted by atomic mass is 10.1. The Morgan fingerprint density at radius 2 is 1.47 bits per heavy atom. The summed E-state index contributed by atoms with van der Waals surface area (Å²) in [6.07, 6.45) is 2.14. The molecule has 172 valence electrons. The van der Waals surface area contributed by atoms with Crippen molar-refractivity contribution in [2.75, 3.05) is 38.5 Å². The van der Waals surface area contributed by atoms with Crippen LogP contribution in [0.1, 0.15) is 11.1 Å². The van der Waals surface area contributed by atoms with Crippen LogP contribution in [0.15, 0.2) is 47.5 Å². The first kappa shape index (κ1) is 24.5.